The summed E-state index contributed by atoms with van der Waals surface area (Å²) < 4.78 is 0. The number of nitrogens with zero attached hydrogens (tertiary/aromatic N) is 1. The van der Waals surface area contributed by atoms with E-state index in [1.54, 1.807) is 4.90 Å². The summed E-state index contributed by atoms with van der Waals surface area (Å²) in [5, 5.41) is 9.17. The highest BCUT2D eigenvalue weighted by Gasteiger charge is 2.34. The molecule has 1 aliphatic heterocycles. The second-order valence-corrected chi connectivity index (χ2v) is 6.54. The highest BCUT2D eigenvalue weighted by Crippen LogP contribution is 2.26. The molecule has 0 saturated carbocycles. The number of unbranched alkanes of at least 4 members (excludes halogenated alkanes) is 1. The maximum absolute atomic E-state index is 12.4. The topological polar surface area (TPSA) is 57.6 Å². The average Bonchev–Trinajstić information content (AvgIpc) is 2.93. The predicted octanol–water partition coefficient (Wildman–Crippen LogP) is 3.69. The van der Waals surface area contributed by atoms with Gasteiger partial charge < -0.3 is 10.0 Å². The Morgan fingerprint density at radius 2 is 2.05 bits per heavy atom. The minimum absolute atomic E-state index is 0.0365. The number of likely N-dealkylation sites (tertiary alicyclic amines) is 1. The Morgan fingerprint density at radius 3 is 2.62 bits per heavy atom. The monoisotopic (exact) mass is 297 g/mol. The van der Waals surface area contributed by atoms with Crippen molar-refractivity contribution >= 4 is 11.9 Å². The highest BCUT2D eigenvalue weighted by atomic mass is 16.4. The molecule has 0 aromatic rings. The Labute approximate surface area is 128 Å². The molecule has 0 spiro atoms. The standard InChI is InChI=1S/C17H31NO3/c1-4-6-8-13(3)11-14(5-2)12-16(19)18-10-7-9-15(18)17(20)21/h13-15H,4-12H2,1-3H3,(H,20,21). The lowest BCUT2D eigenvalue weighted by molar-refractivity contribution is -0.148. The Hall–Kier alpha value is -1.06. The van der Waals surface area contributed by atoms with Crippen LogP contribution in [0.25, 0.3) is 0 Å². The molecule has 1 fully saturated rings. The summed E-state index contributed by atoms with van der Waals surface area (Å²) in [7, 11) is 0. The first kappa shape index (κ1) is 18.0. The van der Waals surface area contributed by atoms with E-state index in [0.717, 1.165) is 19.3 Å². The van der Waals surface area contributed by atoms with Crippen molar-refractivity contribution in [2.75, 3.05) is 6.54 Å². The molecule has 0 aliphatic carbocycles. The number of amides is 1. The van der Waals surface area contributed by atoms with E-state index < -0.39 is 12.0 Å². The summed E-state index contributed by atoms with van der Waals surface area (Å²) in [5.41, 5.74) is 0. The molecule has 0 aromatic carbocycles. The van der Waals surface area contributed by atoms with E-state index >= 15 is 0 Å². The normalized spacial score (nSPS) is 21.3. The summed E-state index contributed by atoms with van der Waals surface area (Å²) >= 11 is 0. The fraction of sp³-hybridized carbons (Fsp3) is 0.882. The fourth-order valence-electron chi connectivity index (χ4n) is 3.32. The summed E-state index contributed by atoms with van der Waals surface area (Å²) in [6.45, 7) is 7.20. The lowest BCUT2D eigenvalue weighted by Crippen LogP contribution is -2.41. The number of carbonyl (C=O) groups is 2. The summed E-state index contributed by atoms with van der Waals surface area (Å²) in [6, 6.07) is -0.590. The Kier molecular flexibility index (Phi) is 7.76. The molecule has 0 bridgehead atoms. The predicted molar refractivity (Wildman–Crippen MR) is 84.1 cm³/mol. The average molecular weight is 297 g/mol. The molecule has 0 aromatic heterocycles. The first-order chi connectivity index (χ1) is 9.99. The van der Waals surface area contributed by atoms with E-state index in [2.05, 4.69) is 20.8 Å². The molecule has 4 nitrogen and oxygen atoms in total. The lowest BCUT2D eigenvalue weighted by atomic mass is 9.88. The largest absolute Gasteiger partial charge is 0.480 e. The molecule has 21 heavy (non-hydrogen) atoms. The van der Waals surface area contributed by atoms with Gasteiger partial charge in [0.05, 0.1) is 0 Å². The first-order valence-corrected chi connectivity index (χ1v) is 8.51. The second-order valence-electron chi connectivity index (χ2n) is 6.54. The molecule has 3 atom stereocenters. The number of carbonyl (C=O) groups excluding carboxylic acids is 1. The lowest BCUT2D eigenvalue weighted by Gasteiger charge is -2.25. The van der Waals surface area contributed by atoms with E-state index in [0.29, 0.717) is 31.2 Å². The van der Waals surface area contributed by atoms with Crippen molar-refractivity contribution in [2.45, 2.75) is 78.2 Å². The zero-order chi connectivity index (χ0) is 15.8. The molecule has 4 heteroatoms. The Morgan fingerprint density at radius 1 is 1.33 bits per heavy atom. The van der Waals surface area contributed by atoms with Gasteiger partial charge in [0.15, 0.2) is 0 Å². The number of carboxylic acid groups (broad SMARTS) is 1. The van der Waals surface area contributed by atoms with Gasteiger partial charge in [-0.3, -0.25) is 4.79 Å². The van der Waals surface area contributed by atoms with Crippen LogP contribution in [0.4, 0.5) is 0 Å². The van der Waals surface area contributed by atoms with Crippen LogP contribution in [-0.4, -0.2) is 34.5 Å². The van der Waals surface area contributed by atoms with Crippen LogP contribution < -0.4 is 0 Å². The molecular weight excluding hydrogens is 266 g/mol. The number of hydrogen-bond donors (Lipinski definition) is 1. The molecule has 1 N–H and O–H groups in total. The smallest absolute Gasteiger partial charge is 0.326 e. The molecule has 122 valence electrons. The molecule has 0 radical (unpaired) electrons. The zero-order valence-corrected chi connectivity index (χ0v) is 13.8. The SMILES string of the molecule is CCCCC(C)CC(CC)CC(=O)N1CCCC1C(=O)O. The van der Waals surface area contributed by atoms with Crippen molar-refractivity contribution < 1.29 is 14.7 Å². The van der Waals surface area contributed by atoms with Crippen LogP contribution in [0.2, 0.25) is 0 Å². The highest BCUT2D eigenvalue weighted by molar-refractivity contribution is 5.84. The quantitative estimate of drug-likeness (QED) is 0.706. The fourth-order valence-corrected chi connectivity index (χ4v) is 3.32. The molecule has 1 saturated heterocycles. The van der Waals surface area contributed by atoms with Gasteiger partial charge in [-0.2, -0.15) is 0 Å². The van der Waals surface area contributed by atoms with Crippen molar-refractivity contribution in [2.24, 2.45) is 11.8 Å². The van der Waals surface area contributed by atoms with E-state index in [1.807, 2.05) is 0 Å². The summed E-state index contributed by atoms with van der Waals surface area (Å²) in [6.07, 6.45) is 7.69. The van der Waals surface area contributed by atoms with Crippen LogP contribution in [-0.2, 0) is 9.59 Å². The molecule has 3 unspecified atom stereocenters. The molecular formula is C17H31NO3. The van der Waals surface area contributed by atoms with Crippen LogP contribution >= 0.6 is 0 Å². The third kappa shape index (κ3) is 5.68. The van der Waals surface area contributed by atoms with Gasteiger partial charge in [-0.15, -0.1) is 0 Å². The van der Waals surface area contributed by atoms with Gasteiger partial charge in [0.1, 0.15) is 6.04 Å². The minimum Gasteiger partial charge on any atom is -0.480 e. The van der Waals surface area contributed by atoms with Gasteiger partial charge in [-0.25, -0.2) is 4.79 Å². The summed E-state index contributed by atoms with van der Waals surface area (Å²) in [5.74, 6) is 0.218. The molecule has 1 heterocycles. The number of hydrogen-bond acceptors (Lipinski definition) is 2. The number of carboxylic acids is 1. The van der Waals surface area contributed by atoms with Crippen molar-refractivity contribution in [3.05, 3.63) is 0 Å². The second kappa shape index (κ2) is 9.06. The van der Waals surface area contributed by atoms with E-state index in [4.69, 9.17) is 0 Å². The van der Waals surface area contributed by atoms with Crippen molar-refractivity contribution in [3.8, 4) is 0 Å². The van der Waals surface area contributed by atoms with E-state index in [1.165, 1.54) is 19.3 Å². The third-order valence-electron chi connectivity index (χ3n) is 4.69. The van der Waals surface area contributed by atoms with Crippen LogP contribution in [0, 0.1) is 11.8 Å². The van der Waals surface area contributed by atoms with Crippen LogP contribution in [0.3, 0.4) is 0 Å². The van der Waals surface area contributed by atoms with Gasteiger partial charge in [0.25, 0.3) is 0 Å². The van der Waals surface area contributed by atoms with Crippen molar-refractivity contribution in [3.63, 3.8) is 0 Å². The summed E-state index contributed by atoms with van der Waals surface area (Å²) in [4.78, 5) is 25.1. The van der Waals surface area contributed by atoms with Gasteiger partial charge >= 0.3 is 5.97 Å². The molecule has 1 amide bonds. The van der Waals surface area contributed by atoms with Gasteiger partial charge in [-0.05, 0) is 31.1 Å². The Balaban J connectivity index is 2.48. The van der Waals surface area contributed by atoms with Gasteiger partial charge in [-0.1, -0.05) is 46.5 Å². The van der Waals surface area contributed by atoms with E-state index in [-0.39, 0.29) is 5.91 Å². The molecule has 1 rings (SSSR count). The van der Waals surface area contributed by atoms with Gasteiger partial charge in [0, 0.05) is 13.0 Å². The third-order valence-corrected chi connectivity index (χ3v) is 4.69. The van der Waals surface area contributed by atoms with Crippen LogP contribution in [0.5, 0.6) is 0 Å². The van der Waals surface area contributed by atoms with Crippen LogP contribution in [0.1, 0.15) is 72.1 Å². The maximum atomic E-state index is 12.4. The Bertz CT molecular complexity index is 343. The van der Waals surface area contributed by atoms with E-state index in [9.17, 15) is 14.7 Å². The zero-order valence-electron chi connectivity index (χ0n) is 13.8. The van der Waals surface area contributed by atoms with Crippen molar-refractivity contribution in [1.82, 2.24) is 4.90 Å². The number of aliphatic carboxylic acids is 1. The first-order valence-electron chi connectivity index (χ1n) is 8.51. The van der Waals surface area contributed by atoms with Crippen molar-refractivity contribution in [1.29, 1.82) is 0 Å². The maximum Gasteiger partial charge on any atom is 0.326 e. The molecule has 1 aliphatic rings. The van der Waals surface area contributed by atoms with Crippen LogP contribution in [0.15, 0.2) is 0 Å². The minimum atomic E-state index is -0.856. The van der Waals surface area contributed by atoms with Gasteiger partial charge in [0.2, 0.25) is 5.91 Å². The number of rotatable bonds is 9.